The van der Waals surface area contributed by atoms with Crippen LogP contribution in [0.15, 0.2) is 47.9 Å². The van der Waals surface area contributed by atoms with Crippen LogP contribution in [0, 0.1) is 5.41 Å². The SMILES string of the molecule is C=C(C)C(=N)C(=O)CCc1nc(-c2ccccc2)cs1. The summed E-state index contributed by atoms with van der Waals surface area (Å²) < 4.78 is 0. The highest BCUT2D eigenvalue weighted by atomic mass is 32.1. The largest absolute Gasteiger partial charge is 0.297 e. The van der Waals surface area contributed by atoms with E-state index < -0.39 is 0 Å². The van der Waals surface area contributed by atoms with Crippen LogP contribution in [0.5, 0.6) is 0 Å². The van der Waals surface area contributed by atoms with Gasteiger partial charge >= 0.3 is 0 Å². The van der Waals surface area contributed by atoms with Gasteiger partial charge in [0.25, 0.3) is 0 Å². The molecule has 2 aromatic rings. The van der Waals surface area contributed by atoms with Gasteiger partial charge in [0.05, 0.1) is 16.4 Å². The zero-order valence-electron chi connectivity index (χ0n) is 11.3. The van der Waals surface area contributed by atoms with Gasteiger partial charge in [0, 0.05) is 23.8 Å². The molecular formula is C16H16N2OS. The molecule has 0 spiro atoms. The molecule has 0 saturated carbocycles. The van der Waals surface area contributed by atoms with Crippen molar-refractivity contribution in [1.29, 1.82) is 5.41 Å². The molecule has 1 aromatic carbocycles. The number of ketones is 1. The lowest BCUT2D eigenvalue weighted by Crippen LogP contribution is -2.14. The van der Waals surface area contributed by atoms with Crippen molar-refractivity contribution in [2.45, 2.75) is 19.8 Å². The summed E-state index contributed by atoms with van der Waals surface area (Å²) in [4.78, 5) is 16.3. The van der Waals surface area contributed by atoms with Crippen molar-refractivity contribution < 1.29 is 4.79 Å². The molecule has 1 aromatic heterocycles. The number of hydrogen-bond acceptors (Lipinski definition) is 4. The maximum atomic E-state index is 11.7. The fraction of sp³-hybridized carbons (Fsp3) is 0.188. The summed E-state index contributed by atoms with van der Waals surface area (Å²) in [5.41, 5.74) is 2.55. The van der Waals surface area contributed by atoms with Crippen molar-refractivity contribution in [2.75, 3.05) is 0 Å². The lowest BCUT2D eigenvalue weighted by molar-refractivity contribution is -0.112. The van der Waals surface area contributed by atoms with Crippen molar-refractivity contribution in [2.24, 2.45) is 0 Å². The van der Waals surface area contributed by atoms with Crippen LogP contribution in [0.3, 0.4) is 0 Å². The second-order valence-corrected chi connectivity index (χ2v) is 5.51. The Balaban J connectivity index is 1.99. The second kappa shape index (κ2) is 6.39. The minimum Gasteiger partial charge on any atom is -0.297 e. The number of aromatic nitrogens is 1. The Morgan fingerprint density at radius 1 is 1.35 bits per heavy atom. The average molecular weight is 284 g/mol. The highest BCUT2D eigenvalue weighted by Gasteiger charge is 2.11. The van der Waals surface area contributed by atoms with Gasteiger partial charge in [-0.2, -0.15) is 0 Å². The second-order valence-electron chi connectivity index (χ2n) is 4.57. The van der Waals surface area contributed by atoms with E-state index in [0.717, 1.165) is 16.3 Å². The minimum absolute atomic E-state index is 0.0184. The molecule has 102 valence electrons. The molecule has 0 radical (unpaired) electrons. The summed E-state index contributed by atoms with van der Waals surface area (Å²) in [6.45, 7) is 5.29. The Kier molecular flexibility index (Phi) is 4.58. The standard InChI is InChI=1S/C16H16N2OS/c1-11(2)16(17)14(19)8-9-15-18-13(10-20-15)12-6-4-3-5-7-12/h3-7,10,17H,1,8-9H2,2H3. The normalized spacial score (nSPS) is 10.2. The fourth-order valence-electron chi connectivity index (χ4n) is 1.75. The van der Waals surface area contributed by atoms with E-state index in [1.54, 1.807) is 18.3 Å². The van der Waals surface area contributed by atoms with E-state index in [4.69, 9.17) is 5.41 Å². The molecule has 0 aliphatic rings. The number of nitrogens with one attached hydrogen (secondary N) is 1. The van der Waals surface area contributed by atoms with Crippen LogP contribution in [0.1, 0.15) is 18.4 Å². The molecular weight excluding hydrogens is 268 g/mol. The van der Waals surface area contributed by atoms with Crippen molar-refractivity contribution >= 4 is 22.8 Å². The van der Waals surface area contributed by atoms with Gasteiger partial charge in [-0.25, -0.2) is 4.98 Å². The molecule has 3 nitrogen and oxygen atoms in total. The molecule has 0 saturated heterocycles. The number of thiazole rings is 1. The van der Waals surface area contributed by atoms with Crippen LogP contribution in [0.25, 0.3) is 11.3 Å². The third-order valence-corrected chi connectivity index (χ3v) is 3.80. The van der Waals surface area contributed by atoms with Gasteiger partial charge in [-0.1, -0.05) is 36.9 Å². The van der Waals surface area contributed by atoms with Crippen molar-refractivity contribution in [3.63, 3.8) is 0 Å². The highest BCUT2D eigenvalue weighted by Crippen LogP contribution is 2.22. The van der Waals surface area contributed by atoms with E-state index in [1.807, 2.05) is 35.7 Å². The van der Waals surface area contributed by atoms with E-state index in [1.165, 1.54) is 0 Å². The summed E-state index contributed by atoms with van der Waals surface area (Å²) in [7, 11) is 0. The summed E-state index contributed by atoms with van der Waals surface area (Å²) >= 11 is 1.55. The highest BCUT2D eigenvalue weighted by molar-refractivity contribution is 7.09. The maximum Gasteiger partial charge on any atom is 0.181 e. The first-order valence-corrected chi connectivity index (χ1v) is 7.23. The number of allylic oxidation sites excluding steroid dienone is 1. The van der Waals surface area contributed by atoms with E-state index in [0.29, 0.717) is 18.4 Å². The van der Waals surface area contributed by atoms with E-state index in [9.17, 15) is 4.79 Å². The van der Waals surface area contributed by atoms with E-state index >= 15 is 0 Å². The first-order chi connectivity index (χ1) is 9.58. The summed E-state index contributed by atoms with van der Waals surface area (Å²) in [6.07, 6.45) is 0.888. The first-order valence-electron chi connectivity index (χ1n) is 6.35. The molecule has 0 bridgehead atoms. The number of nitrogens with zero attached hydrogens (tertiary/aromatic N) is 1. The zero-order valence-corrected chi connectivity index (χ0v) is 12.2. The molecule has 0 unspecified atom stereocenters. The Labute approximate surface area is 122 Å². The molecule has 0 fully saturated rings. The lowest BCUT2D eigenvalue weighted by atomic mass is 10.1. The molecule has 0 amide bonds. The van der Waals surface area contributed by atoms with Crippen molar-refractivity contribution in [1.82, 2.24) is 4.98 Å². The summed E-state index contributed by atoms with van der Waals surface area (Å²) in [5.74, 6) is -0.172. The molecule has 0 atom stereocenters. The number of Topliss-reactive ketones (excluding diaryl/α,β-unsaturated/α-hetero) is 1. The number of carbonyl (C=O) groups is 1. The number of aryl methyl sites for hydroxylation is 1. The van der Waals surface area contributed by atoms with Crippen molar-refractivity contribution in [3.05, 3.63) is 52.9 Å². The molecule has 1 heterocycles. The molecule has 0 aliphatic heterocycles. The maximum absolute atomic E-state index is 11.7. The van der Waals surface area contributed by atoms with Crippen LogP contribution in [0.2, 0.25) is 0 Å². The van der Waals surface area contributed by atoms with Crippen molar-refractivity contribution in [3.8, 4) is 11.3 Å². The molecule has 2 rings (SSSR count). The first kappa shape index (κ1) is 14.3. The van der Waals surface area contributed by atoms with Crippen LogP contribution >= 0.6 is 11.3 Å². The van der Waals surface area contributed by atoms with E-state index in [2.05, 4.69) is 11.6 Å². The quantitative estimate of drug-likeness (QED) is 0.818. The average Bonchev–Trinajstić information content (AvgIpc) is 2.93. The van der Waals surface area contributed by atoms with Gasteiger partial charge in [-0.3, -0.25) is 10.2 Å². The third-order valence-electron chi connectivity index (χ3n) is 2.89. The molecule has 4 heteroatoms. The zero-order chi connectivity index (χ0) is 14.5. The van der Waals surface area contributed by atoms with Gasteiger partial charge in [0.2, 0.25) is 0 Å². The van der Waals surface area contributed by atoms with Gasteiger partial charge in [0.15, 0.2) is 5.78 Å². The summed E-state index contributed by atoms with van der Waals surface area (Å²) in [6, 6.07) is 9.96. The van der Waals surface area contributed by atoms with Gasteiger partial charge < -0.3 is 0 Å². The number of rotatable bonds is 6. The van der Waals surface area contributed by atoms with Gasteiger partial charge in [0.1, 0.15) is 0 Å². The molecule has 1 N–H and O–H groups in total. The Bertz CT molecular complexity index is 644. The van der Waals surface area contributed by atoms with Crippen LogP contribution in [0.4, 0.5) is 0 Å². The minimum atomic E-state index is -0.172. The van der Waals surface area contributed by atoms with Gasteiger partial charge in [-0.15, -0.1) is 11.3 Å². The van der Waals surface area contributed by atoms with Crippen LogP contribution in [-0.2, 0) is 11.2 Å². The molecule has 20 heavy (non-hydrogen) atoms. The topological polar surface area (TPSA) is 53.8 Å². The monoisotopic (exact) mass is 284 g/mol. The Morgan fingerprint density at radius 3 is 2.70 bits per heavy atom. The number of hydrogen-bond donors (Lipinski definition) is 1. The van der Waals surface area contributed by atoms with Gasteiger partial charge in [-0.05, 0) is 12.5 Å². The fourth-order valence-corrected chi connectivity index (χ4v) is 2.56. The van der Waals surface area contributed by atoms with Crippen LogP contribution < -0.4 is 0 Å². The number of benzene rings is 1. The Hall–Kier alpha value is -2.07. The predicted octanol–water partition coefficient (Wildman–Crippen LogP) is 3.91. The predicted molar refractivity (Wildman–Crippen MR) is 83.4 cm³/mol. The third kappa shape index (κ3) is 3.48. The Morgan fingerprint density at radius 2 is 2.05 bits per heavy atom. The lowest BCUT2D eigenvalue weighted by Gasteiger charge is -2.00. The molecule has 0 aliphatic carbocycles. The smallest absolute Gasteiger partial charge is 0.181 e. The number of carbonyl (C=O) groups excluding carboxylic acids is 1. The summed E-state index contributed by atoms with van der Waals surface area (Å²) in [5, 5.41) is 10.5. The van der Waals surface area contributed by atoms with Crippen LogP contribution in [-0.4, -0.2) is 16.5 Å². The van der Waals surface area contributed by atoms with E-state index in [-0.39, 0.29) is 11.5 Å².